The summed E-state index contributed by atoms with van der Waals surface area (Å²) in [6.45, 7) is 4.44. The molecule has 0 aromatic heterocycles. The summed E-state index contributed by atoms with van der Waals surface area (Å²) in [7, 11) is 0. The molecule has 0 saturated carbocycles. The van der Waals surface area contributed by atoms with Crippen molar-refractivity contribution in [3.63, 3.8) is 0 Å². The number of rotatable bonds is 9. The molecule has 0 saturated heterocycles. The van der Waals surface area contributed by atoms with E-state index in [1.54, 1.807) is 0 Å². The summed E-state index contributed by atoms with van der Waals surface area (Å²) >= 11 is 6.26. The Morgan fingerprint density at radius 2 is 1.52 bits per heavy atom. The summed E-state index contributed by atoms with van der Waals surface area (Å²) in [4.78, 5) is 0. The van der Waals surface area contributed by atoms with Crippen LogP contribution in [-0.4, -0.2) is 6.61 Å². The monoisotopic (exact) mass is 381 g/mol. The van der Waals surface area contributed by atoms with E-state index < -0.39 is 0 Å². The Hall–Kier alpha value is -2.49. The van der Waals surface area contributed by atoms with Crippen LogP contribution in [-0.2, 0) is 19.7 Å². The van der Waals surface area contributed by atoms with Gasteiger partial charge in [-0.1, -0.05) is 72.3 Å². The Labute approximate surface area is 165 Å². The number of benzene rings is 3. The van der Waals surface area contributed by atoms with Gasteiger partial charge in [0.15, 0.2) is 11.5 Å². The van der Waals surface area contributed by atoms with Crippen LogP contribution in [0.15, 0.2) is 72.8 Å². The molecule has 0 radical (unpaired) electrons. The molecule has 0 amide bonds. The first kappa shape index (κ1) is 19.3. The van der Waals surface area contributed by atoms with Gasteiger partial charge in [0, 0.05) is 29.2 Å². The van der Waals surface area contributed by atoms with E-state index in [-0.39, 0.29) is 0 Å². The summed E-state index contributed by atoms with van der Waals surface area (Å²) in [6, 6.07) is 24.0. The van der Waals surface area contributed by atoms with E-state index in [0.29, 0.717) is 24.8 Å². The highest BCUT2D eigenvalue weighted by Crippen LogP contribution is 2.32. The summed E-state index contributed by atoms with van der Waals surface area (Å²) in [5.74, 6) is 1.52. The van der Waals surface area contributed by atoms with Crippen LogP contribution in [0.1, 0.15) is 23.6 Å². The lowest BCUT2D eigenvalue weighted by atomic mass is 10.1. The molecule has 4 heteroatoms. The molecule has 0 bridgehead atoms. The molecule has 3 rings (SSSR count). The maximum atomic E-state index is 6.26. The summed E-state index contributed by atoms with van der Waals surface area (Å²) < 4.78 is 11.9. The second kappa shape index (κ2) is 10.0. The minimum absolute atomic E-state index is 0.398. The van der Waals surface area contributed by atoms with Crippen molar-refractivity contribution < 1.29 is 9.47 Å². The van der Waals surface area contributed by atoms with E-state index in [0.717, 1.165) is 29.2 Å². The SMILES string of the molecule is CCOc1cccc(CNCc2ccccc2)c1OCc1ccccc1Cl. The highest BCUT2D eigenvalue weighted by Gasteiger charge is 2.12. The van der Waals surface area contributed by atoms with Crippen LogP contribution in [0, 0.1) is 0 Å². The van der Waals surface area contributed by atoms with Crippen molar-refractivity contribution in [2.45, 2.75) is 26.6 Å². The van der Waals surface area contributed by atoms with Crippen LogP contribution in [0.25, 0.3) is 0 Å². The van der Waals surface area contributed by atoms with Crippen LogP contribution in [0.5, 0.6) is 11.5 Å². The molecule has 3 aromatic carbocycles. The third kappa shape index (κ3) is 5.49. The van der Waals surface area contributed by atoms with Gasteiger partial charge >= 0.3 is 0 Å². The third-order valence-electron chi connectivity index (χ3n) is 4.18. The predicted molar refractivity (Wildman–Crippen MR) is 110 cm³/mol. The second-order valence-electron chi connectivity index (χ2n) is 6.15. The van der Waals surface area contributed by atoms with Gasteiger partial charge in [-0.15, -0.1) is 0 Å². The smallest absolute Gasteiger partial charge is 0.166 e. The van der Waals surface area contributed by atoms with Gasteiger partial charge in [-0.25, -0.2) is 0 Å². The number of nitrogens with one attached hydrogen (secondary N) is 1. The van der Waals surface area contributed by atoms with Crippen molar-refractivity contribution in [1.82, 2.24) is 5.32 Å². The quantitative estimate of drug-likeness (QED) is 0.522. The van der Waals surface area contributed by atoms with Gasteiger partial charge in [-0.2, -0.15) is 0 Å². The Bertz CT molecular complexity index is 852. The van der Waals surface area contributed by atoms with Crippen molar-refractivity contribution in [3.8, 4) is 11.5 Å². The van der Waals surface area contributed by atoms with Crippen molar-refractivity contribution >= 4 is 11.6 Å². The maximum Gasteiger partial charge on any atom is 0.166 e. The lowest BCUT2D eigenvalue weighted by Gasteiger charge is -2.17. The molecule has 140 valence electrons. The molecule has 3 aromatic rings. The zero-order chi connectivity index (χ0) is 18.9. The van der Waals surface area contributed by atoms with Crippen molar-refractivity contribution in [1.29, 1.82) is 0 Å². The summed E-state index contributed by atoms with van der Waals surface area (Å²) in [5.41, 5.74) is 3.26. The van der Waals surface area contributed by atoms with Crippen LogP contribution >= 0.6 is 11.6 Å². The lowest BCUT2D eigenvalue weighted by Crippen LogP contribution is -2.14. The van der Waals surface area contributed by atoms with Crippen molar-refractivity contribution in [2.24, 2.45) is 0 Å². The van der Waals surface area contributed by atoms with E-state index >= 15 is 0 Å². The summed E-state index contributed by atoms with van der Waals surface area (Å²) in [6.07, 6.45) is 0. The lowest BCUT2D eigenvalue weighted by molar-refractivity contribution is 0.266. The van der Waals surface area contributed by atoms with E-state index in [1.165, 1.54) is 5.56 Å². The molecule has 0 unspecified atom stereocenters. The minimum Gasteiger partial charge on any atom is -0.490 e. The molecule has 0 aliphatic heterocycles. The third-order valence-corrected chi connectivity index (χ3v) is 4.55. The Kier molecular flexibility index (Phi) is 7.14. The average Bonchev–Trinajstić information content (AvgIpc) is 2.70. The van der Waals surface area contributed by atoms with Crippen molar-refractivity contribution in [2.75, 3.05) is 6.61 Å². The Balaban J connectivity index is 1.72. The molecule has 0 atom stereocenters. The predicted octanol–water partition coefficient (Wildman–Crippen LogP) is 5.61. The fourth-order valence-corrected chi connectivity index (χ4v) is 3.03. The van der Waals surface area contributed by atoms with Gasteiger partial charge in [0.25, 0.3) is 0 Å². The minimum atomic E-state index is 0.398. The highest BCUT2D eigenvalue weighted by atomic mass is 35.5. The van der Waals surface area contributed by atoms with Crippen molar-refractivity contribution in [3.05, 3.63) is 94.5 Å². The summed E-state index contributed by atoms with van der Waals surface area (Å²) in [5, 5.41) is 4.18. The van der Waals surface area contributed by atoms with Gasteiger partial charge in [-0.3, -0.25) is 0 Å². The molecule has 0 aliphatic carbocycles. The van der Waals surface area contributed by atoms with E-state index in [4.69, 9.17) is 21.1 Å². The zero-order valence-corrected chi connectivity index (χ0v) is 16.2. The molecule has 1 N–H and O–H groups in total. The van der Waals surface area contributed by atoms with E-state index in [2.05, 4.69) is 23.5 Å². The number of hydrogen-bond donors (Lipinski definition) is 1. The normalized spacial score (nSPS) is 10.6. The number of ether oxygens (including phenoxy) is 2. The second-order valence-corrected chi connectivity index (χ2v) is 6.55. The number of para-hydroxylation sites is 1. The molecular weight excluding hydrogens is 358 g/mol. The Morgan fingerprint density at radius 1 is 0.778 bits per heavy atom. The highest BCUT2D eigenvalue weighted by molar-refractivity contribution is 6.31. The number of halogens is 1. The van der Waals surface area contributed by atoms with E-state index in [1.807, 2.05) is 61.5 Å². The maximum absolute atomic E-state index is 6.26. The molecule has 0 fully saturated rings. The first-order valence-electron chi connectivity index (χ1n) is 9.13. The molecule has 3 nitrogen and oxygen atoms in total. The van der Waals surface area contributed by atoms with Crippen LogP contribution < -0.4 is 14.8 Å². The largest absolute Gasteiger partial charge is 0.490 e. The molecule has 0 heterocycles. The van der Waals surface area contributed by atoms with Crippen LogP contribution in [0.3, 0.4) is 0 Å². The zero-order valence-electron chi connectivity index (χ0n) is 15.5. The number of hydrogen-bond acceptors (Lipinski definition) is 3. The molecule has 0 spiro atoms. The van der Waals surface area contributed by atoms with E-state index in [9.17, 15) is 0 Å². The average molecular weight is 382 g/mol. The first-order chi connectivity index (χ1) is 13.3. The fraction of sp³-hybridized carbons (Fsp3) is 0.217. The Morgan fingerprint density at radius 3 is 2.30 bits per heavy atom. The molecule has 0 aliphatic rings. The molecular formula is C23H24ClNO2. The van der Waals surface area contributed by atoms with Crippen LogP contribution in [0.4, 0.5) is 0 Å². The first-order valence-corrected chi connectivity index (χ1v) is 9.51. The van der Waals surface area contributed by atoms with Gasteiger partial charge < -0.3 is 14.8 Å². The van der Waals surface area contributed by atoms with Gasteiger partial charge in [-0.05, 0) is 24.6 Å². The topological polar surface area (TPSA) is 30.5 Å². The van der Waals surface area contributed by atoms with Crippen LogP contribution in [0.2, 0.25) is 5.02 Å². The van der Waals surface area contributed by atoms with Gasteiger partial charge in [0.05, 0.1) is 6.61 Å². The van der Waals surface area contributed by atoms with Gasteiger partial charge in [0.2, 0.25) is 0 Å². The standard InChI is InChI=1S/C23H24ClNO2/c1-2-26-22-14-8-12-19(16-25-15-18-9-4-3-5-10-18)23(22)27-17-20-11-6-7-13-21(20)24/h3-14,25H,2,15-17H2,1H3. The fourth-order valence-electron chi connectivity index (χ4n) is 2.84. The molecule has 27 heavy (non-hydrogen) atoms. The van der Waals surface area contributed by atoms with Gasteiger partial charge in [0.1, 0.15) is 6.61 Å².